The summed E-state index contributed by atoms with van der Waals surface area (Å²) in [5, 5.41) is 0. The van der Waals surface area contributed by atoms with Crippen molar-refractivity contribution in [3.8, 4) is 44.5 Å². The number of benzene rings is 5. The van der Waals surface area contributed by atoms with Gasteiger partial charge in [-0.15, -0.1) is 0 Å². The molecule has 0 saturated heterocycles. The highest BCUT2D eigenvalue weighted by Gasteiger charge is 2.24. The summed E-state index contributed by atoms with van der Waals surface area (Å²) in [5.41, 5.74) is 16.3. The molecule has 0 nitrogen and oxygen atoms in total. The molecule has 5 aromatic carbocycles. The van der Waals surface area contributed by atoms with Gasteiger partial charge in [0.1, 0.15) is 0 Å². The van der Waals surface area contributed by atoms with Gasteiger partial charge in [-0.2, -0.15) is 0 Å². The molecule has 6 rings (SSSR count). The predicted octanol–water partition coefficient (Wildman–Crippen LogP) is 9.85. The average molecular weight is 465 g/mol. The van der Waals surface area contributed by atoms with Crippen LogP contribution >= 0.6 is 0 Å². The van der Waals surface area contributed by atoms with Gasteiger partial charge in [-0.3, -0.25) is 0 Å². The Labute approximate surface area is 215 Å². The van der Waals surface area contributed by atoms with E-state index in [2.05, 4.69) is 123 Å². The van der Waals surface area contributed by atoms with Crippen molar-refractivity contribution in [1.29, 1.82) is 0 Å². The lowest BCUT2D eigenvalue weighted by Crippen LogP contribution is -2.04. The molecule has 0 aromatic heterocycles. The van der Waals surface area contributed by atoms with E-state index < -0.39 is 0 Å². The summed E-state index contributed by atoms with van der Waals surface area (Å²) in [6, 6.07) is 40.1. The monoisotopic (exact) mass is 464 g/mol. The third-order valence-electron chi connectivity index (χ3n) is 7.82. The van der Waals surface area contributed by atoms with Crippen molar-refractivity contribution in [2.24, 2.45) is 0 Å². The molecule has 1 aliphatic rings. The normalized spacial score (nSPS) is 12.8. The van der Waals surface area contributed by atoms with Crippen molar-refractivity contribution in [3.05, 3.63) is 131 Å². The van der Waals surface area contributed by atoms with Crippen LogP contribution in [0, 0.1) is 13.8 Å². The maximum absolute atomic E-state index is 2.49. The standard InChI is InChI=1S/C36H32/c1-25-33(28-15-6-3-7-16-28)34(29-17-8-4-9-18-29)26(2)36(35(25)30-19-10-5-11-20-30)32-23-22-27-14-12-13-21-31(27)24-32/h3-11,15-20,22-24H,12-14,21H2,1-2H3. The van der Waals surface area contributed by atoms with Crippen LogP contribution in [-0.4, -0.2) is 0 Å². The Kier molecular flexibility index (Phi) is 6.03. The quantitative estimate of drug-likeness (QED) is 0.248. The van der Waals surface area contributed by atoms with Crippen LogP contribution in [0.25, 0.3) is 44.5 Å². The number of hydrogen-bond acceptors (Lipinski definition) is 0. The Bertz CT molecular complexity index is 1510. The van der Waals surface area contributed by atoms with Crippen molar-refractivity contribution >= 4 is 0 Å². The topological polar surface area (TPSA) is 0 Å². The molecule has 176 valence electrons. The molecule has 5 aromatic rings. The summed E-state index contributed by atoms with van der Waals surface area (Å²) in [5.74, 6) is 0. The van der Waals surface area contributed by atoms with Crippen molar-refractivity contribution in [1.82, 2.24) is 0 Å². The molecule has 0 N–H and O–H groups in total. The van der Waals surface area contributed by atoms with E-state index >= 15 is 0 Å². The molecule has 0 amide bonds. The Balaban J connectivity index is 1.74. The van der Waals surface area contributed by atoms with Crippen LogP contribution in [0.5, 0.6) is 0 Å². The van der Waals surface area contributed by atoms with E-state index in [1.54, 1.807) is 0 Å². The first-order valence-electron chi connectivity index (χ1n) is 13.2. The van der Waals surface area contributed by atoms with Crippen LogP contribution in [0.2, 0.25) is 0 Å². The van der Waals surface area contributed by atoms with E-state index in [1.165, 1.54) is 92.4 Å². The zero-order chi connectivity index (χ0) is 24.5. The van der Waals surface area contributed by atoms with Crippen LogP contribution < -0.4 is 0 Å². The largest absolute Gasteiger partial charge is 0.0622 e. The van der Waals surface area contributed by atoms with Gasteiger partial charge in [-0.1, -0.05) is 109 Å². The zero-order valence-electron chi connectivity index (χ0n) is 21.2. The van der Waals surface area contributed by atoms with E-state index in [4.69, 9.17) is 0 Å². The molecule has 0 radical (unpaired) electrons. The molecule has 0 atom stereocenters. The molecule has 0 fully saturated rings. The third kappa shape index (κ3) is 3.97. The van der Waals surface area contributed by atoms with Crippen molar-refractivity contribution in [3.63, 3.8) is 0 Å². The fourth-order valence-electron chi connectivity index (χ4n) is 6.15. The first-order chi connectivity index (χ1) is 17.7. The second kappa shape index (κ2) is 9.63. The Morgan fingerprint density at radius 3 is 1.22 bits per heavy atom. The molecular weight excluding hydrogens is 432 g/mol. The molecule has 0 unspecified atom stereocenters. The lowest BCUT2D eigenvalue weighted by molar-refractivity contribution is 0.686. The van der Waals surface area contributed by atoms with Gasteiger partial charge in [-0.05, 0) is 106 Å². The van der Waals surface area contributed by atoms with Crippen molar-refractivity contribution in [2.45, 2.75) is 39.5 Å². The van der Waals surface area contributed by atoms with Crippen molar-refractivity contribution in [2.75, 3.05) is 0 Å². The highest BCUT2D eigenvalue weighted by molar-refractivity contribution is 6.00. The lowest BCUT2D eigenvalue weighted by Gasteiger charge is -2.26. The van der Waals surface area contributed by atoms with Crippen LogP contribution in [0.3, 0.4) is 0 Å². The van der Waals surface area contributed by atoms with Gasteiger partial charge in [0.15, 0.2) is 0 Å². The first kappa shape index (κ1) is 22.6. The van der Waals surface area contributed by atoms with Gasteiger partial charge in [-0.25, -0.2) is 0 Å². The number of fused-ring (bicyclic) bond motifs is 1. The van der Waals surface area contributed by atoms with Crippen LogP contribution in [0.1, 0.15) is 35.1 Å². The van der Waals surface area contributed by atoms with E-state index in [1.807, 2.05) is 0 Å². The van der Waals surface area contributed by atoms with Crippen LogP contribution in [-0.2, 0) is 12.8 Å². The van der Waals surface area contributed by atoms with Crippen LogP contribution in [0.4, 0.5) is 0 Å². The summed E-state index contributed by atoms with van der Waals surface area (Å²) in [4.78, 5) is 0. The summed E-state index contributed by atoms with van der Waals surface area (Å²) in [7, 11) is 0. The predicted molar refractivity (Wildman–Crippen MR) is 154 cm³/mol. The highest BCUT2D eigenvalue weighted by Crippen LogP contribution is 2.48. The highest BCUT2D eigenvalue weighted by atomic mass is 14.3. The lowest BCUT2D eigenvalue weighted by atomic mass is 9.77. The molecule has 0 heteroatoms. The molecule has 36 heavy (non-hydrogen) atoms. The van der Waals surface area contributed by atoms with Crippen LogP contribution in [0.15, 0.2) is 109 Å². The number of rotatable bonds is 4. The summed E-state index contributed by atoms with van der Waals surface area (Å²) in [6.07, 6.45) is 5.00. The number of aryl methyl sites for hydroxylation is 2. The maximum atomic E-state index is 2.49. The first-order valence-corrected chi connectivity index (χ1v) is 13.2. The maximum Gasteiger partial charge on any atom is -0.00667 e. The molecule has 1 aliphatic carbocycles. The molecular formula is C36H32. The van der Waals surface area contributed by atoms with Gasteiger partial charge in [0.2, 0.25) is 0 Å². The van der Waals surface area contributed by atoms with Crippen molar-refractivity contribution < 1.29 is 0 Å². The molecule has 0 heterocycles. The smallest absolute Gasteiger partial charge is 0.00667 e. The van der Waals surface area contributed by atoms with Gasteiger partial charge in [0.25, 0.3) is 0 Å². The zero-order valence-corrected chi connectivity index (χ0v) is 21.2. The minimum Gasteiger partial charge on any atom is -0.0622 e. The molecule has 0 bridgehead atoms. The van der Waals surface area contributed by atoms with E-state index in [-0.39, 0.29) is 0 Å². The second-order valence-electron chi connectivity index (χ2n) is 10.0. The minimum atomic E-state index is 1.19. The fraction of sp³-hybridized carbons (Fsp3) is 0.167. The SMILES string of the molecule is Cc1c(-c2ccccc2)c(-c2ccccc2)c(C)c(-c2ccc3c(c2)CCCC3)c1-c1ccccc1. The number of hydrogen-bond donors (Lipinski definition) is 0. The summed E-state index contributed by atoms with van der Waals surface area (Å²) >= 11 is 0. The molecule has 0 spiro atoms. The Morgan fingerprint density at radius 2 is 0.778 bits per heavy atom. The fourth-order valence-corrected chi connectivity index (χ4v) is 6.15. The summed E-state index contributed by atoms with van der Waals surface area (Å²) in [6.45, 7) is 4.65. The molecule has 0 aliphatic heterocycles. The molecule has 0 saturated carbocycles. The third-order valence-corrected chi connectivity index (χ3v) is 7.82. The second-order valence-corrected chi connectivity index (χ2v) is 10.0. The van der Waals surface area contributed by atoms with Gasteiger partial charge < -0.3 is 0 Å². The Hall–Kier alpha value is -3.90. The Morgan fingerprint density at radius 1 is 0.389 bits per heavy atom. The average Bonchev–Trinajstić information content (AvgIpc) is 2.94. The van der Waals surface area contributed by atoms with E-state index in [0.717, 1.165) is 0 Å². The van der Waals surface area contributed by atoms with Gasteiger partial charge in [0.05, 0.1) is 0 Å². The van der Waals surface area contributed by atoms with E-state index in [0.29, 0.717) is 0 Å². The van der Waals surface area contributed by atoms with Gasteiger partial charge in [0, 0.05) is 0 Å². The minimum absolute atomic E-state index is 1.19. The van der Waals surface area contributed by atoms with E-state index in [9.17, 15) is 0 Å². The summed E-state index contributed by atoms with van der Waals surface area (Å²) < 4.78 is 0. The van der Waals surface area contributed by atoms with Gasteiger partial charge >= 0.3 is 0 Å².